The predicted octanol–water partition coefficient (Wildman–Crippen LogP) is 1.15. The largest absolute Gasteiger partial charge is 0.477 e. The number of benzene rings is 1. The van der Waals surface area contributed by atoms with Gasteiger partial charge in [0.2, 0.25) is 5.91 Å². The highest BCUT2D eigenvalue weighted by atomic mass is 32.2. The molecule has 2 atom stereocenters. The number of carboxylic acids is 1. The van der Waals surface area contributed by atoms with E-state index in [4.69, 9.17) is 5.11 Å². The van der Waals surface area contributed by atoms with E-state index in [-0.39, 0.29) is 28.6 Å². The molecule has 2 aliphatic rings. The van der Waals surface area contributed by atoms with E-state index in [9.17, 15) is 14.4 Å². The summed E-state index contributed by atoms with van der Waals surface area (Å²) in [4.78, 5) is 37.5. The molecule has 2 aliphatic heterocycles. The topological polar surface area (TPSA) is 86.7 Å². The number of nitrogens with zero attached hydrogens (tertiary/aromatic N) is 1. The van der Waals surface area contributed by atoms with Gasteiger partial charge >= 0.3 is 5.97 Å². The van der Waals surface area contributed by atoms with Crippen LogP contribution < -0.4 is 5.32 Å². The molecule has 23 heavy (non-hydrogen) atoms. The van der Waals surface area contributed by atoms with Crippen LogP contribution in [0.1, 0.15) is 0 Å². The van der Waals surface area contributed by atoms with Crippen molar-refractivity contribution in [2.45, 2.75) is 16.3 Å². The van der Waals surface area contributed by atoms with E-state index in [1.54, 1.807) is 0 Å². The van der Waals surface area contributed by atoms with E-state index in [1.807, 2.05) is 30.3 Å². The highest BCUT2D eigenvalue weighted by molar-refractivity contribution is 8.00. The summed E-state index contributed by atoms with van der Waals surface area (Å²) >= 11 is 2.84. The zero-order valence-corrected chi connectivity index (χ0v) is 13.6. The molecule has 0 spiro atoms. The van der Waals surface area contributed by atoms with Crippen molar-refractivity contribution in [3.8, 4) is 0 Å². The Hall–Kier alpha value is -1.93. The Balaban J connectivity index is 1.55. The van der Waals surface area contributed by atoms with Crippen molar-refractivity contribution in [3.05, 3.63) is 42.1 Å². The second-order valence-electron chi connectivity index (χ2n) is 4.97. The predicted molar refractivity (Wildman–Crippen MR) is 87.9 cm³/mol. The van der Waals surface area contributed by atoms with Gasteiger partial charge in [-0.2, -0.15) is 0 Å². The maximum atomic E-state index is 12.1. The molecule has 8 heteroatoms. The van der Waals surface area contributed by atoms with Crippen LogP contribution in [0.3, 0.4) is 0 Å². The molecule has 0 aromatic heterocycles. The second-order valence-corrected chi connectivity index (χ2v) is 7.17. The summed E-state index contributed by atoms with van der Waals surface area (Å²) in [7, 11) is 0. The molecule has 0 saturated carbocycles. The number of nitrogens with one attached hydrogen (secondary N) is 1. The first-order valence-corrected chi connectivity index (χ1v) is 8.96. The minimum absolute atomic E-state index is 0.00269. The van der Waals surface area contributed by atoms with Gasteiger partial charge < -0.3 is 10.4 Å². The van der Waals surface area contributed by atoms with E-state index in [2.05, 4.69) is 5.32 Å². The van der Waals surface area contributed by atoms with E-state index in [0.29, 0.717) is 5.75 Å². The van der Waals surface area contributed by atoms with E-state index in [0.717, 1.165) is 4.90 Å². The number of amides is 2. The molecular weight excluding hydrogens is 336 g/mol. The number of carboxylic acid groups (broad SMARTS) is 1. The lowest BCUT2D eigenvalue weighted by atomic mass is 10.1. The van der Waals surface area contributed by atoms with Gasteiger partial charge in [0, 0.05) is 10.6 Å². The summed E-state index contributed by atoms with van der Waals surface area (Å²) in [6.45, 7) is 0. The smallest absolute Gasteiger partial charge is 0.352 e. The molecule has 6 nitrogen and oxygen atoms in total. The number of β-lactam (4-membered cyclic amide) rings is 1. The standard InChI is InChI=1S/C15H14N2O4S2/c18-11(8-23-9-4-2-1-3-5-9)16-12-13(19)17-10(15(20)21)6-7-22-14(12)17/h1-6,12,14H,7-8H2,(H,16,18)(H,20,21)/t12?,14-/m0/s1. The number of thioether (sulfide) groups is 2. The molecule has 1 saturated heterocycles. The average Bonchev–Trinajstić information content (AvgIpc) is 2.57. The molecule has 0 radical (unpaired) electrons. The summed E-state index contributed by atoms with van der Waals surface area (Å²) in [5.74, 6) is -0.987. The Labute approximate surface area is 141 Å². The Morgan fingerprint density at radius 2 is 2.09 bits per heavy atom. The zero-order chi connectivity index (χ0) is 16.4. The van der Waals surface area contributed by atoms with E-state index >= 15 is 0 Å². The molecule has 2 amide bonds. The van der Waals surface area contributed by atoms with Crippen LogP contribution in [0.25, 0.3) is 0 Å². The van der Waals surface area contributed by atoms with Crippen LogP contribution in [0.4, 0.5) is 0 Å². The van der Waals surface area contributed by atoms with Crippen molar-refractivity contribution in [3.63, 3.8) is 0 Å². The number of rotatable bonds is 5. The van der Waals surface area contributed by atoms with Gasteiger partial charge in [-0.15, -0.1) is 23.5 Å². The summed E-state index contributed by atoms with van der Waals surface area (Å²) in [6.07, 6.45) is 1.52. The van der Waals surface area contributed by atoms with Crippen LogP contribution in [0, 0.1) is 0 Å². The molecule has 2 heterocycles. The van der Waals surface area contributed by atoms with Gasteiger partial charge in [-0.3, -0.25) is 14.5 Å². The maximum absolute atomic E-state index is 12.1. The summed E-state index contributed by atoms with van der Waals surface area (Å²) in [5.41, 5.74) is 0.00269. The van der Waals surface area contributed by atoms with Gasteiger partial charge in [0.15, 0.2) is 0 Å². The third kappa shape index (κ3) is 3.23. The van der Waals surface area contributed by atoms with Gasteiger partial charge in [0.1, 0.15) is 17.1 Å². The molecular formula is C15H14N2O4S2. The molecule has 1 aromatic rings. The third-order valence-electron chi connectivity index (χ3n) is 3.50. The second kappa shape index (κ2) is 6.67. The van der Waals surface area contributed by atoms with Gasteiger partial charge in [-0.25, -0.2) is 4.79 Å². The fourth-order valence-corrected chi connectivity index (χ4v) is 4.34. The normalized spacial score (nSPS) is 22.7. The van der Waals surface area contributed by atoms with Crippen LogP contribution in [-0.2, 0) is 14.4 Å². The maximum Gasteiger partial charge on any atom is 0.352 e. The highest BCUT2D eigenvalue weighted by Crippen LogP contribution is 2.37. The molecule has 0 bridgehead atoms. The van der Waals surface area contributed by atoms with Crippen molar-refractivity contribution in [2.24, 2.45) is 0 Å². The number of aliphatic carboxylic acids is 1. The van der Waals surface area contributed by atoms with Crippen molar-refractivity contribution in [2.75, 3.05) is 11.5 Å². The number of carbonyl (C=O) groups is 3. The number of hydrogen-bond acceptors (Lipinski definition) is 5. The van der Waals surface area contributed by atoms with E-state index in [1.165, 1.54) is 34.5 Å². The first-order valence-electron chi connectivity index (χ1n) is 6.93. The van der Waals surface area contributed by atoms with Crippen LogP contribution in [0.2, 0.25) is 0 Å². The SMILES string of the molecule is O=C(CSc1ccccc1)NC1C(=O)N2C(C(=O)O)=CCS[C@@H]12. The first kappa shape index (κ1) is 15.9. The first-order chi connectivity index (χ1) is 11.1. The minimum Gasteiger partial charge on any atom is -0.477 e. The van der Waals surface area contributed by atoms with Gasteiger partial charge in [0.25, 0.3) is 5.91 Å². The Morgan fingerprint density at radius 3 is 2.78 bits per heavy atom. The third-order valence-corrected chi connectivity index (χ3v) is 5.69. The molecule has 1 fully saturated rings. The number of fused-ring (bicyclic) bond motifs is 1. The fourth-order valence-electron chi connectivity index (χ4n) is 2.42. The van der Waals surface area contributed by atoms with Crippen molar-refractivity contribution in [1.82, 2.24) is 10.2 Å². The summed E-state index contributed by atoms with van der Waals surface area (Å²) in [5, 5.41) is 11.5. The van der Waals surface area contributed by atoms with Crippen LogP contribution >= 0.6 is 23.5 Å². The van der Waals surface area contributed by atoms with Crippen molar-refractivity contribution < 1.29 is 19.5 Å². The molecule has 120 valence electrons. The summed E-state index contributed by atoms with van der Waals surface area (Å²) < 4.78 is 0. The minimum atomic E-state index is -1.12. The van der Waals surface area contributed by atoms with Crippen LogP contribution in [0.5, 0.6) is 0 Å². The van der Waals surface area contributed by atoms with Crippen molar-refractivity contribution in [1.29, 1.82) is 0 Å². The quantitative estimate of drug-likeness (QED) is 0.612. The lowest BCUT2D eigenvalue weighted by molar-refractivity contribution is -0.150. The zero-order valence-electron chi connectivity index (χ0n) is 12.0. The molecule has 1 aromatic carbocycles. The van der Waals surface area contributed by atoms with Crippen molar-refractivity contribution >= 4 is 41.3 Å². The Morgan fingerprint density at radius 1 is 1.35 bits per heavy atom. The molecule has 3 rings (SSSR count). The van der Waals surface area contributed by atoms with E-state index < -0.39 is 12.0 Å². The number of hydrogen-bond donors (Lipinski definition) is 2. The lowest BCUT2D eigenvalue weighted by Gasteiger charge is -2.48. The van der Waals surface area contributed by atoms with Gasteiger partial charge in [-0.05, 0) is 18.2 Å². The number of carbonyl (C=O) groups excluding carboxylic acids is 2. The average molecular weight is 350 g/mol. The summed E-state index contributed by atoms with van der Waals surface area (Å²) in [6, 6.07) is 8.87. The van der Waals surface area contributed by atoms with Gasteiger partial charge in [0.05, 0.1) is 5.75 Å². The van der Waals surface area contributed by atoms with Gasteiger partial charge in [-0.1, -0.05) is 18.2 Å². The molecule has 1 unspecified atom stereocenters. The molecule has 0 aliphatic carbocycles. The monoisotopic (exact) mass is 350 g/mol. The Kier molecular flexibility index (Phi) is 4.63. The lowest BCUT2D eigenvalue weighted by Crippen LogP contribution is -2.70. The van der Waals surface area contributed by atoms with Crippen LogP contribution in [-0.4, -0.2) is 50.7 Å². The Bertz CT molecular complexity index is 677. The highest BCUT2D eigenvalue weighted by Gasteiger charge is 2.52. The van der Waals surface area contributed by atoms with Crippen LogP contribution in [0.15, 0.2) is 47.0 Å². The molecule has 2 N–H and O–H groups in total. The fraction of sp³-hybridized carbons (Fsp3) is 0.267.